The van der Waals surface area contributed by atoms with Crippen LogP contribution in [0.4, 0.5) is 0 Å². The van der Waals surface area contributed by atoms with Gasteiger partial charge in [-0.15, -0.1) is 0 Å². The third-order valence-electron chi connectivity index (χ3n) is 4.23. The average molecular weight is 340 g/mol. The molecule has 0 fully saturated rings. The van der Waals surface area contributed by atoms with Gasteiger partial charge in [0.2, 0.25) is 5.91 Å². The van der Waals surface area contributed by atoms with Crippen molar-refractivity contribution >= 4 is 11.8 Å². The monoisotopic (exact) mass is 340 g/mol. The lowest BCUT2D eigenvalue weighted by molar-refractivity contribution is -0.118. The molecule has 0 saturated carbocycles. The van der Waals surface area contributed by atoms with Crippen molar-refractivity contribution in [2.45, 2.75) is 38.3 Å². The Hall–Kier alpha value is -2.50. The second-order valence-electron chi connectivity index (χ2n) is 6.58. The van der Waals surface area contributed by atoms with E-state index in [2.05, 4.69) is 12.2 Å². The maximum Gasteiger partial charge on any atom is 0.257 e. The van der Waals surface area contributed by atoms with Crippen LogP contribution in [0.5, 0.6) is 0 Å². The SMILES string of the molecule is CC(=O)NC(=O)c1ccc(CC(C)(C[C@H](N)O)c2ccccc2)cc1. The van der Waals surface area contributed by atoms with Gasteiger partial charge >= 0.3 is 0 Å². The number of imide groups is 1. The predicted molar refractivity (Wildman–Crippen MR) is 96.9 cm³/mol. The summed E-state index contributed by atoms with van der Waals surface area (Å²) in [4.78, 5) is 22.8. The fraction of sp³-hybridized carbons (Fsp3) is 0.300. The Kier molecular flexibility index (Phi) is 6.07. The van der Waals surface area contributed by atoms with Gasteiger partial charge in [0, 0.05) is 17.9 Å². The Morgan fingerprint density at radius 3 is 2.24 bits per heavy atom. The molecule has 0 heterocycles. The van der Waals surface area contributed by atoms with E-state index in [9.17, 15) is 14.7 Å². The molecule has 2 atom stereocenters. The number of rotatable bonds is 6. The van der Waals surface area contributed by atoms with Gasteiger partial charge in [-0.3, -0.25) is 14.9 Å². The number of hydrogen-bond acceptors (Lipinski definition) is 4. The van der Waals surface area contributed by atoms with Gasteiger partial charge in [-0.1, -0.05) is 49.4 Å². The third kappa shape index (κ3) is 5.24. The van der Waals surface area contributed by atoms with Crippen LogP contribution in [-0.4, -0.2) is 23.1 Å². The largest absolute Gasteiger partial charge is 0.379 e. The van der Waals surface area contributed by atoms with E-state index in [4.69, 9.17) is 5.73 Å². The zero-order chi connectivity index (χ0) is 18.4. The second-order valence-corrected chi connectivity index (χ2v) is 6.58. The van der Waals surface area contributed by atoms with Crippen molar-refractivity contribution in [1.29, 1.82) is 0 Å². The summed E-state index contributed by atoms with van der Waals surface area (Å²) in [7, 11) is 0. The molecule has 0 saturated heterocycles. The molecule has 2 aromatic rings. The Morgan fingerprint density at radius 2 is 1.72 bits per heavy atom. The van der Waals surface area contributed by atoms with E-state index in [-0.39, 0.29) is 11.3 Å². The molecule has 0 aliphatic rings. The van der Waals surface area contributed by atoms with Crippen molar-refractivity contribution in [3.05, 3.63) is 71.3 Å². The Morgan fingerprint density at radius 1 is 1.12 bits per heavy atom. The molecule has 0 aromatic heterocycles. The van der Waals surface area contributed by atoms with Crippen LogP contribution in [0.15, 0.2) is 54.6 Å². The molecule has 132 valence electrons. The van der Waals surface area contributed by atoms with Crippen LogP contribution in [0, 0.1) is 0 Å². The summed E-state index contributed by atoms with van der Waals surface area (Å²) >= 11 is 0. The highest BCUT2D eigenvalue weighted by Gasteiger charge is 2.29. The normalized spacial score (nSPS) is 14.4. The summed E-state index contributed by atoms with van der Waals surface area (Å²) in [5.74, 6) is -0.801. The summed E-state index contributed by atoms with van der Waals surface area (Å²) in [5, 5.41) is 12.0. The molecule has 0 bridgehead atoms. The molecule has 0 spiro atoms. The van der Waals surface area contributed by atoms with E-state index in [0.717, 1.165) is 11.1 Å². The molecular weight excluding hydrogens is 316 g/mol. The molecule has 5 nitrogen and oxygen atoms in total. The lowest BCUT2D eigenvalue weighted by atomic mass is 9.74. The van der Waals surface area contributed by atoms with Crippen LogP contribution in [0.25, 0.3) is 0 Å². The predicted octanol–water partition coefficient (Wildman–Crippen LogP) is 2.13. The number of aliphatic hydroxyl groups is 1. The van der Waals surface area contributed by atoms with Crippen LogP contribution in [0.3, 0.4) is 0 Å². The number of hydrogen-bond donors (Lipinski definition) is 3. The van der Waals surface area contributed by atoms with Crippen LogP contribution >= 0.6 is 0 Å². The lowest BCUT2D eigenvalue weighted by Crippen LogP contribution is -2.34. The molecule has 2 amide bonds. The van der Waals surface area contributed by atoms with Gasteiger partial charge in [-0.25, -0.2) is 0 Å². The van der Waals surface area contributed by atoms with Crippen molar-refractivity contribution < 1.29 is 14.7 Å². The minimum atomic E-state index is -0.911. The van der Waals surface area contributed by atoms with Gasteiger partial charge in [-0.2, -0.15) is 0 Å². The summed E-state index contributed by atoms with van der Waals surface area (Å²) in [6.45, 7) is 3.37. The van der Waals surface area contributed by atoms with Gasteiger partial charge in [-0.05, 0) is 36.1 Å². The summed E-state index contributed by atoms with van der Waals surface area (Å²) in [6, 6.07) is 17.0. The first-order valence-electron chi connectivity index (χ1n) is 8.20. The maximum atomic E-state index is 11.8. The van der Waals surface area contributed by atoms with Gasteiger partial charge in [0.1, 0.15) is 6.23 Å². The van der Waals surface area contributed by atoms with Gasteiger partial charge in [0.25, 0.3) is 5.91 Å². The molecule has 0 radical (unpaired) electrons. The summed E-state index contributed by atoms with van der Waals surface area (Å²) < 4.78 is 0. The van der Waals surface area contributed by atoms with Crippen molar-refractivity contribution in [3.8, 4) is 0 Å². The topological polar surface area (TPSA) is 92.4 Å². The highest BCUT2D eigenvalue weighted by atomic mass is 16.3. The van der Waals surface area contributed by atoms with Crippen molar-refractivity contribution in [2.24, 2.45) is 5.73 Å². The number of amides is 2. The molecule has 25 heavy (non-hydrogen) atoms. The van der Waals surface area contributed by atoms with Crippen LogP contribution in [0.2, 0.25) is 0 Å². The fourth-order valence-corrected chi connectivity index (χ4v) is 3.05. The number of nitrogens with two attached hydrogens (primary N) is 1. The first kappa shape index (κ1) is 18.8. The zero-order valence-electron chi connectivity index (χ0n) is 14.5. The van der Waals surface area contributed by atoms with E-state index < -0.39 is 12.1 Å². The first-order valence-corrected chi connectivity index (χ1v) is 8.20. The molecular formula is C20H24N2O3. The molecule has 4 N–H and O–H groups in total. The first-order chi connectivity index (χ1) is 11.8. The van der Waals surface area contributed by atoms with Gasteiger partial charge in [0.15, 0.2) is 0 Å². The van der Waals surface area contributed by atoms with Crippen LogP contribution in [0.1, 0.15) is 41.8 Å². The minimum absolute atomic E-state index is 0.335. The Labute approximate surface area is 147 Å². The molecule has 2 aromatic carbocycles. The van der Waals surface area contributed by atoms with Crippen LogP contribution < -0.4 is 11.1 Å². The molecule has 5 heteroatoms. The minimum Gasteiger partial charge on any atom is -0.379 e. The maximum absolute atomic E-state index is 11.8. The average Bonchev–Trinajstić information content (AvgIpc) is 2.55. The Bertz CT molecular complexity index is 726. The molecule has 2 rings (SSSR count). The highest BCUT2D eigenvalue weighted by Crippen LogP contribution is 2.32. The van der Waals surface area contributed by atoms with Crippen molar-refractivity contribution in [2.75, 3.05) is 0 Å². The third-order valence-corrected chi connectivity index (χ3v) is 4.23. The smallest absolute Gasteiger partial charge is 0.257 e. The lowest BCUT2D eigenvalue weighted by Gasteiger charge is -2.31. The van der Waals surface area contributed by atoms with E-state index in [1.54, 1.807) is 12.1 Å². The van der Waals surface area contributed by atoms with Gasteiger partial charge < -0.3 is 10.8 Å². The number of benzene rings is 2. The molecule has 1 unspecified atom stereocenters. The van der Waals surface area contributed by atoms with E-state index in [1.807, 2.05) is 42.5 Å². The summed E-state index contributed by atoms with van der Waals surface area (Å²) in [5.41, 5.74) is 7.86. The number of aliphatic hydroxyl groups excluding tert-OH is 1. The Balaban J connectivity index is 2.22. The number of carbonyl (C=O) groups excluding carboxylic acids is 2. The van der Waals surface area contributed by atoms with Gasteiger partial charge in [0.05, 0.1) is 0 Å². The number of nitrogens with one attached hydrogen (secondary N) is 1. The molecule has 0 aliphatic heterocycles. The summed E-state index contributed by atoms with van der Waals surface area (Å²) in [6.07, 6.45) is 0.175. The van der Waals surface area contributed by atoms with E-state index in [1.165, 1.54) is 6.92 Å². The standard InChI is InChI=1S/C20H24N2O3/c1-14(23)22-19(25)16-10-8-15(9-11-16)12-20(2,13-18(21)24)17-6-4-3-5-7-17/h3-11,18,24H,12-13,21H2,1-2H3,(H,22,23,25)/t18-,20?/m1/s1. The second kappa shape index (κ2) is 8.05. The van der Waals surface area contributed by atoms with Crippen molar-refractivity contribution in [1.82, 2.24) is 5.32 Å². The quantitative estimate of drug-likeness (QED) is 0.703. The van der Waals surface area contributed by atoms with Crippen molar-refractivity contribution in [3.63, 3.8) is 0 Å². The zero-order valence-corrected chi connectivity index (χ0v) is 14.5. The number of carbonyl (C=O) groups is 2. The van der Waals surface area contributed by atoms with E-state index in [0.29, 0.717) is 18.4 Å². The highest BCUT2D eigenvalue weighted by molar-refractivity contribution is 6.04. The fourth-order valence-electron chi connectivity index (χ4n) is 3.05. The van der Waals surface area contributed by atoms with E-state index >= 15 is 0 Å². The van der Waals surface area contributed by atoms with Crippen LogP contribution in [-0.2, 0) is 16.6 Å². The molecule has 0 aliphatic carbocycles.